The average Bonchev–Trinajstić information content (AvgIpc) is 2.54. The smallest absolute Gasteiger partial charge is 0.261 e. The van der Waals surface area contributed by atoms with Gasteiger partial charge in [-0.2, -0.15) is 12.7 Å². The van der Waals surface area contributed by atoms with E-state index in [2.05, 4.69) is 6.92 Å². The summed E-state index contributed by atoms with van der Waals surface area (Å²) in [5.74, 6) is 1.05. The van der Waals surface area contributed by atoms with E-state index in [-0.39, 0.29) is 0 Å². The van der Waals surface area contributed by atoms with Crippen LogP contribution in [0.1, 0.15) is 25.3 Å². The fraction of sp³-hybridized carbons (Fsp3) is 0.600. The minimum atomic E-state index is -3.44. The summed E-state index contributed by atoms with van der Waals surface area (Å²) in [6.07, 6.45) is 2.62. The SMILES string of the molecule is CCc1ccc(N(C)S(=O)(=O)N2CCC(CCl)CC2)cc1. The largest absolute Gasteiger partial charge is 0.303 e. The lowest BCUT2D eigenvalue weighted by molar-refractivity contribution is 0.290. The van der Waals surface area contributed by atoms with E-state index in [1.54, 1.807) is 11.4 Å². The number of nitrogens with zero attached hydrogens (tertiary/aromatic N) is 2. The van der Waals surface area contributed by atoms with Crippen LogP contribution in [-0.4, -0.2) is 38.7 Å². The second-order valence-corrected chi connectivity index (χ2v) is 7.76. The normalized spacial score (nSPS) is 17.9. The zero-order valence-electron chi connectivity index (χ0n) is 12.6. The second kappa shape index (κ2) is 6.99. The average molecular weight is 331 g/mol. The number of halogens is 1. The Balaban J connectivity index is 2.11. The Morgan fingerprint density at radius 1 is 1.24 bits per heavy atom. The molecule has 0 aromatic heterocycles. The molecule has 118 valence electrons. The molecule has 0 radical (unpaired) electrons. The van der Waals surface area contributed by atoms with Gasteiger partial charge in [0.15, 0.2) is 0 Å². The molecule has 6 heteroatoms. The van der Waals surface area contributed by atoms with Crippen LogP contribution in [0, 0.1) is 5.92 Å². The van der Waals surface area contributed by atoms with Gasteiger partial charge < -0.3 is 0 Å². The predicted molar refractivity (Wildman–Crippen MR) is 88.2 cm³/mol. The van der Waals surface area contributed by atoms with Crippen LogP contribution in [0.15, 0.2) is 24.3 Å². The number of aryl methyl sites for hydroxylation is 1. The molecule has 1 aromatic carbocycles. The molecule has 1 aliphatic heterocycles. The maximum absolute atomic E-state index is 12.7. The summed E-state index contributed by atoms with van der Waals surface area (Å²) in [4.78, 5) is 0. The molecule has 0 unspecified atom stereocenters. The van der Waals surface area contributed by atoms with E-state index >= 15 is 0 Å². The molecule has 0 saturated carbocycles. The summed E-state index contributed by atoms with van der Waals surface area (Å²) < 4.78 is 28.2. The monoisotopic (exact) mass is 330 g/mol. The van der Waals surface area contributed by atoms with Crippen LogP contribution in [0.3, 0.4) is 0 Å². The van der Waals surface area contributed by atoms with Crippen LogP contribution in [0.5, 0.6) is 0 Å². The number of alkyl halides is 1. The summed E-state index contributed by atoms with van der Waals surface area (Å²) in [6, 6.07) is 7.67. The van der Waals surface area contributed by atoms with Crippen LogP contribution in [0.25, 0.3) is 0 Å². The molecule has 21 heavy (non-hydrogen) atoms. The summed E-state index contributed by atoms with van der Waals surface area (Å²) >= 11 is 5.85. The molecule has 1 heterocycles. The second-order valence-electron chi connectivity index (χ2n) is 5.49. The first kappa shape index (κ1) is 16.6. The number of anilines is 1. The van der Waals surface area contributed by atoms with Crippen LogP contribution >= 0.6 is 11.6 Å². The Kier molecular flexibility index (Phi) is 5.52. The Labute approximate surface area is 132 Å². The minimum absolute atomic E-state index is 0.437. The fourth-order valence-electron chi connectivity index (χ4n) is 2.54. The highest BCUT2D eigenvalue weighted by atomic mass is 35.5. The van der Waals surface area contributed by atoms with E-state index in [9.17, 15) is 8.42 Å². The van der Waals surface area contributed by atoms with Gasteiger partial charge in [0.05, 0.1) is 5.69 Å². The number of hydrogen-bond acceptors (Lipinski definition) is 2. The predicted octanol–water partition coefficient (Wildman–Crippen LogP) is 2.88. The molecule has 0 bridgehead atoms. The Morgan fingerprint density at radius 2 is 1.81 bits per heavy atom. The van der Waals surface area contributed by atoms with E-state index in [1.165, 1.54) is 9.87 Å². The van der Waals surface area contributed by atoms with Crippen LogP contribution < -0.4 is 4.31 Å². The molecule has 0 spiro atoms. The van der Waals surface area contributed by atoms with E-state index < -0.39 is 10.2 Å². The van der Waals surface area contributed by atoms with Gasteiger partial charge in [-0.1, -0.05) is 19.1 Å². The third-order valence-corrected chi connectivity index (χ3v) is 6.53. The summed E-state index contributed by atoms with van der Waals surface area (Å²) in [6.45, 7) is 3.19. The van der Waals surface area contributed by atoms with Crippen molar-refractivity contribution in [1.29, 1.82) is 0 Å². The molecule has 4 nitrogen and oxygen atoms in total. The Bertz CT molecular complexity index is 552. The van der Waals surface area contributed by atoms with Gasteiger partial charge in [0.25, 0.3) is 0 Å². The topological polar surface area (TPSA) is 40.6 Å². The molecule has 1 aliphatic rings. The number of rotatable bonds is 5. The van der Waals surface area contributed by atoms with Gasteiger partial charge in [-0.15, -0.1) is 11.6 Å². The van der Waals surface area contributed by atoms with Crippen LogP contribution in [-0.2, 0) is 16.6 Å². The molecule has 1 aromatic rings. The molecule has 1 fully saturated rings. The van der Waals surface area contributed by atoms with Gasteiger partial charge in [-0.25, -0.2) is 0 Å². The third-order valence-electron chi connectivity index (χ3n) is 4.17. The van der Waals surface area contributed by atoms with Crippen molar-refractivity contribution < 1.29 is 8.42 Å². The van der Waals surface area contributed by atoms with Crippen molar-refractivity contribution >= 4 is 27.5 Å². The lowest BCUT2D eigenvalue weighted by Crippen LogP contribution is -2.46. The Morgan fingerprint density at radius 3 is 2.29 bits per heavy atom. The quantitative estimate of drug-likeness (QED) is 0.779. The van der Waals surface area contributed by atoms with E-state index in [1.807, 2.05) is 24.3 Å². The third kappa shape index (κ3) is 3.71. The van der Waals surface area contributed by atoms with E-state index in [4.69, 9.17) is 11.6 Å². The van der Waals surface area contributed by atoms with Crippen molar-refractivity contribution in [3.63, 3.8) is 0 Å². The summed E-state index contributed by atoms with van der Waals surface area (Å²) in [7, 11) is -1.83. The van der Waals surface area contributed by atoms with Crippen LogP contribution in [0.2, 0.25) is 0 Å². The van der Waals surface area contributed by atoms with Crippen molar-refractivity contribution in [2.24, 2.45) is 5.92 Å². The molecule has 2 rings (SSSR count). The van der Waals surface area contributed by atoms with Crippen molar-refractivity contribution in [3.8, 4) is 0 Å². The molecular weight excluding hydrogens is 308 g/mol. The molecule has 1 saturated heterocycles. The lowest BCUT2D eigenvalue weighted by Gasteiger charge is -2.33. The zero-order chi connectivity index (χ0) is 15.5. The maximum Gasteiger partial charge on any atom is 0.303 e. The van der Waals surface area contributed by atoms with Crippen molar-refractivity contribution in [1.82, 2.24) is 4.31 Å². The molecule has 0 atom stereocenters. The van der Waals surface area contributed by atoms with Crippen molar-refractivity contribution in [3.05, 3.63) is 29.8 Å². The number of benzene rings is 1. The molecular formula is C15H23ClN2O2S. The highest BCUT2D eigenvalue weighted by molar-refractivity contribution is 7.90. The maximum atomic E-state index is 12.7. The Hall–Kier alpha value is -0.780. The van der Waals surface area contributed by atoms with E-state index in [0.29, 0.717) is 30.6 Å². The van der Waals surface area contributed by atoms with Gasteiger partial charge in [0.1, 0.15) is 0 Å². The van der Waals surface area contributed by atoms with Crippen molar-refractivity contribution in [2.75, 3.05) is 30.3 Å². The molecule has 0 aliphatic carbocycles. The van der Waals surface area contributed by atoms with Gasteiger partial charge in [0, 0.05) is 26.0 Å². The highest BCUT2D eigenvalue weighted by Crippen LogP contribution is 2.25. The van der Waals surface area contributed by atoms with Crippen molar-refractivity contribution in [2.45, 2.75) is 26.2 Å². The van der Waals surface area contributed by atoms with Gasteiger partial charge >= 0.3 is 10.2 Å². The standard InChI is InChI=1S/C15H23ClN2O2S/c1-3-13-4-6-15(7-5-13)17(2)21(19,20)18-10-8-14(12-16)9-11-18/h4-7,14H,3,8-12H2,1-2H3. The lowest BCUT2D eigenvalue weighted by atomic mass is 10.0. The van der Waals surface area contributed by atoms with Gasteiger partial charge in [0.2, 0.25) is 0 Å². The number of hydrogen-bond donors (Lipinski definition) is 0. The first-order chi connectivity index (χ1) is 9.98. The van der Waals surface area contributed by atoms with Gasteiger partial charge in [-0.05, 0) is 42.9 Å². The minimum Gasteiger partial charge on any atom is -0.261 e. The van der Waals surface area contributed by atoms with Gasteiger partial charge in [-0.3, -0.25) is 4.31 Å². The first-order valence-electron chi connectivity index (χ1n) is 7.38. The van der Waals surface area contributed by atoms with Crippen LogP contribution in [0.4, 0.5) is 5.69 Å². The molecule has 0 N–H and O–H groups in total. The van der Waals surface area contributed by atoms with E-state index in [0.717, 1.165) is 19.3 Å². The fourth-order valence-corrected chi connectivity index (χ4v) is 4.26. The summed E-state index contributed by atoms with van der Waals surface area (Å²) in [5.41, 5.74) is 1.90. The first-order valence-corrected chi connectivity index (χ1v) is 9.31. The highest BCUT2D eigenvalue weighted by Gasteiger charge is 2.31. The zero-order valence-corrected chi connectivity index (χ0v) is 14.2. The summed E-state index contributed by atoms with van der Waals surface area (Å²) in [5, 5.41) is 0. The number of piperidine rings is 1. The molecule has 0 amide bonds.